The molecule has 0 spiro atoms. The van der Waals surface area contributed by atoms with Crippen LogP contribution in [-0.4, -0.2) is 22.0 Å². The predicted octanol–water partition coefficient (Wildman–Crippen LogP) is 1.59. The molecule has 2 rings (SSSR count). The summed E-state index contributed by atoms with van der Waals surface area (Å²) in [4.78, 5) is 4.06. The topological polar surface area (TPSA) is 47.3 Å². The highest BCUT2D eigenvalue weighted by Crippen LogP contribution is 2.19. The fourth-order valence-corrected chi connectivity index (χ4v) is 1.28. The number of hydrogen-bond donors (Lipinski definition) is 1. The van der Waals surface area contributed by atoms with Gasteiger partial charge >= 0.3 is 6.01 Å². The summed E-state index contributed by atoms with van der Waals surface area (Å²) in [6.45, 7) is 1.96. The molecule has 13 heavy (non-hydrogen) atoms. The van der Waals surface area contributed by atoms with Gasteiger partial charge in [-0.1, -0.05) is 6.07 Å². The van der Waals surface area contributed by atoms with E-state index in [0.717, 1.165) is 15.8 Å². The van der Waals surface area contributed by atoms with Crippen LogP contribution >= 0.6 is 0 Å². The minimum atomic E-state index is 0.209. The summed E-state index contributed by atoms with van der Waals surface area (Å²) in [5.74, 6) is 0. The van der Waals surface area contributed by atoms with E-state index in [1.807, 2.05) is 25.1 Å². The molecule has 4 heteroatoms. The third kappa shape index (κ3) is 1.11. The van der Waals surface area contributed by atoms with Crippen LogP contribution in [0.5, 0.6) is 6.01 Å². The van der Waals surface area contributed by atoms with E-state index in [2.05, 4.69) is 4.98 Å². The van der Waals surface area contributed by atoms with Crippen LogP contribution in [0.2, 0.25) is 0 Å². The summed E-state index contributed by atoms with van der Waals surface area (Å²) in [6.07, 6.45) is 0. The fraction of sp³-hybridized carbons (Fsp3) is 0.222. The second kappa shape index (κ2) is 2.65. The molecular weight excluding hydrogens is 168 g/mol. The minimum absolute atomic E-state index is 0.209. The Hall–Kier alpha value is -1.71. The summed E-state index contributed by atoms with van der Waals surface area (Å²) < 4.78 is 5.82. The van der Waals surface area contributed by atoms with Crippen LogP contribution in [0, 0.1) is 6.92 Å². The summed E-state index contributed by atoms with van der Waals surface area (Å²) in [5, 5.41) is 9.54. The van der Waals surface area contributed by atoms with Gasteiger partial charge < -0.3 is 9.94 Å². The maximum absolute atomic E-state index is 9.54. The lowest BCUT2D eigenvalue weighted by Crippen LogP contribution is -1.95. The molecule has 0 aliphatic rings. The number of benzene rings is 1. The molecule has 0 unspecified atom stereocenters. The molecule has 68 valence electrons. The first-order chi connectivity index (χ1) is 6.22. The van der Waals surface area contributed by atoms with Gasteiger partial charge in [-0.15, -0.1) is 4.73 Å². The van der Waals surface area contributed by atoms with Gasteiger partial charge in [0.15, 0.2) is 0 Å². The van der Waals surface area contributed by atoms with Gasteiger partial charge in [-0.25, -0.2) is 0 Å². The highest BCUT2D eigenvalue weighted by atomic mass is 16.6. The zero-order valence-corrected chi connectivity index (χ0v) is 7.48. The molecule has 0 aliphatic carbocycles. The molecule has 1 aromatic heterocycles. The molecule has 1 aromatic carbocycles. The first kappa shape index (κ1) is 7.91. The van der Waals surface area contributed by atoms with Gasteiger partial charge in [0.2, 0.25) is 0 Å². The number of fused-ring (bicyclic) bond motifs is 1. The van der Waals surface area contributed by atoms with Crippen molar-refractivity contribution in [3.8, 4) is 6.01 Å². The van der Waals surface area contributed by atoms with Crippen molar-refractivity contribution in [3.05, 3.63) is 23.8 Å². The van der Waals surface area contributed by atoms with Crippen molar-refractivity contribution in [2.75, 3.05) is 7.11 Å². The highest BCUT2D eigenvalue weighted by Gasteiger charge is 2.08. The lowest BCUT2D eigenvalue weighted by atomic mass is 10.2. The molecule has 0 aliphatic heterocycles. The molecule has 0 saturated carbocycles. The predicted molar refractivity (Wildman–Crippen MR) is 48.2 cm³/mol. The van der Waals surface area contributed by atoms with Gasteiger partial charge in [-0.2, -0.15) is 4.98 Å². The lowest BCUT2D eigenvalue weighted by molar-refractivity contribution is 0.159. The number of nitrogens with zero attached hydrogens (tertiary/aromatic N) is 2. The van der Waals surface area contributed by atoms with Crippen LogP contribution < -0.4 is 4.74 Å². The third-order valence-corrected chi connectivity index (χ3v) is 1.94. The summed E-state index contributed by atoms with van der Waals surface area (Å²) in [6, 6.07) is 5.85. The van der Waals surface area contributed by atoms with Gasteiger partial charge in [0.05, 0.1) is 12.6 Å². The van der Waals surface area contributed by atoms with Crippen molar-refractivity contribution in [2.24, 2.45) is 0 Å². The summed E-state index contributed by atoms with van der Waals surface area (Å²) >= 11 is 0. The molecule has 0 saturated heterocycles. The Morgan fingerprint density at radius 3 is 2.92 bits per heavy atom. The maximum Gasteiger partial charge on any atom is 0.331 e. The lowest BCUT2D eigenvalue weighted by Gasteiger charge is -1.97. The Morgan fingerprint density at radius 2 is 2.23 bits per heavy atom. The largest absolute Gasteiger partial charge is 0.466 e. The van der Waals surface area contributed by atoms with Gasteiger partial charge in [-0.3, -0.25) is 0 Å². The number of aryl methyl sites for hydroxylation is 1. The molecule has 1 heterocycles. The number of imidazole rings is 1. The van der Waals surface area contributed by atoms with E-state index in [-0.39, 0.29) is 6.01 Å². The van der Waals surface area contributed by atoms with Crippen molar-refractivity contribution in [2.45, 2.75) is 6.92 Å². The molecule has 2 aromatic rings. The molecule has 0 fully saturated rings. The van der Waals surface area contributed by atoms with Crippen LogP contribution in [0.1, 0.15) is 5.56 Å². The van der Waals surface area contributed by atoms with Crippen molar-refractivity contribution in [1.82, 2.24) is 9.71 Å². The van der Waals surface area contributed by atoms with Gasteiger partial charge in [-0.05, 0) is 24.6 Å². The number of methoxy groups -OCH3 is 1. The normalized spacial score (nSPS) is 10.6. The fourth-order valence-electron chi connectivity index (χ4n) is 1.28. The quantitative estimate of drug-likeness (QED) is 0.674. The number of hydrogen-bond acceptors (Lipinski definition) is 3. The molecule has 0 bridgehead atoms. The van der Waals surface area contributed by atoms with Crippen LogP contribution in [0.25, 0.3) is 11.0 Å². The van der Waals surface area contributed by atoms with E-state index in [1.165, 1.54) is 7.11 Å². The minimum Gasteiger partial charge on any atom is -0.466 e. The monoisotopic (exact) mass is 178 g/mol. The van der Waals surface area contributed by atoms with Crippen molar-refractivity contribution in [1.29, 1.82) is 0 Å². The average Bonchev–Trinajstić information content (AvgIpc) is 2.44. The Labute approximate surface area is 75.3 Å². The van der Waals surface area contributed by atoms with Crippen LogP contribution in [0.15, 0.2) is 18.2 Å². The zero-order chi connectivity index (χ0) is 9.42. The van der Waals surface area contributed by atoms with E-state index < -0.39 is 0 Å². The SMILES string of the molecule is COc1nc2ccc(C)cc2n1O. The van der Waals surface area contributed by atoms with E-state index in [4.69, 9.17) is 4.74 Å². The Kier molecular flexibility index (Phi) is 1.62. The van der Waals surface area contributed by atoms with Gasteiger partial charge in [0.1, 0.15) is 5.52 Å². The Morgan fingerprint density at radius 1 is 1.46 bits per heavy atom. The van der Waals surface area contributed by atoms with E-state index in [9.17, 15) is 5.21 Å². The average molecular weight is 178 g/mol. The number of ether oxygens (including phenoxy) is 1. The molecule has 0 radical (unpaired) electrons. The number of rotatable bonds is 1. The van der Waals surface area contributed by atoms with Crippen LogP contribution in [0.4, 0.5) is 0 Å². The molecule has 1 N–H and O–H groups in total. The Bertz CT molecular complexity index is 448. The standard InChI is InChI=1S/C9H10N2O2/c1-6-3-4-7-8(5-6)11(12)9(10-7)13-2/h3-5,12H,1-2H3. The second-order valence-corrected chi connectivity index (χ2v) is 2.90. The smallest absolute Gasteiger partial charge is 0.331 e. The van der Waals surface area contributed by atoms with E-state index >= 15 is 0 Å². The number of aromatic nitrogens is 2. The maximum atomic E-state index is 9.54. The zero-order valence-electron chi connectivity index (χ0n) is 7.48. The van der Waals surface area contributed by atoms with Gasteiger partial charge in [0.25, 0.3) is 0 Å². The molecule has 0 atom stereocenters. The Balaban J connectivity index is 2.77. The van der Waals surface area contributed by atoms with Crippen molar-refractivity contribution < 1.29 is 9.94 Å². The first-order valence-electron chi connectivity index (χ1n) is 3.94. The molecule has 4 nitrogen and oxygen atoms in total. The van der Waals surface area contributed by atoms with E-state index in [1.54, 1.807) is 0 Å². The van der Waals surface area contributed by atoms with Crippen LogP contribution in [-0.2, 0) is 0 Å². The third-order valence-electron chi connectivity index (χ3n) is 1.94. The van der Waals surface area contributed by atoms with E-state index in [0.29, 0.717) is 5.52 Å². The van der Waals surface area contributed by atoms with Gasteiger partial charge in [0, 0.05) is 0 Å². The van der Waals surface area contributed by atoms with Crippen molar-refractivity contribution >= 4 is 11.0 Å². The first-order valence-corrected chi connectivity index (χ1v) is 3.94. The highest BCUT2D eigenvalue weighted by molar-refractivity contribution is 5.77. The summed E-state index contributed by atoms with van der Waals surface area (Å²) in [7, 11) is 1.47. The second-order valence-electron chi connectivity index (χ2n) is 2.90. The molecule has 0 amide bonds. The van der Waals surface area contributed by atoms with Crippen molar-refractivity contribution in [3.63, 3.8) is 0 Å². The molecular formula is C9H10N2O2. The van der Waals surface area contributed by atoms with Crippen LogP contribution in [0.3, 0.4) is 0 Å². The summed E-state index contributed by atoms with van der Waals surface area (Å²) in [5.41, 5.74) is 2.46.